The average molecular weight is 458 g/mol. The molecule has 9 nitrogen and oxygen atoms in total. The third-order valence-electron chi connectivity index (χ3n) is 5.05. The highest BCUT2D eigenvalue weighted by atomic mass is 32.2. The van der Waals surface area contributed by atoms with Crippen molar-refractivity contribution >= 4 is 16.0 Å². The van der Waals surface area contributed by atoms with Crippen LogP contribution in [0, 0.1) is 6.92 Å². The molecule has 1 heterocycles. The van der Waals surface area contributed by atoms with Crippen LogP contribution in [0.2, 0.25) is 0 Å². The SMILES string of the molecule is COc1ccc(-c2nnc([C@H](C)OC(=O)c3cc(S(=O)(=O)NC4CC4)ccc3C)o2)cc1. The van der Waals surface area contributed by atoms with Crippen LogP contribution in [0.3, 0.4) is 0 Å². The van der Waals surface area contributed by atoms with Gasteiger partial charge in [0.1, 0.15) is 5.75 Å². The quantitative estimate of drug-likeness (QED) is 0.511. The summed E-state index contributed by atoms with van der Waals surface area (Å²) >= 11 is 0. The van der Waals surface area contributed by atoms with Crippen molar-refractivity contribution < 1.29 is 27.1 Å². The van der Waals surface area contributed by atoms with E-state index in [1.165, 1.54) is 12.1 Å². The van der Waals surface area contributed by atoms with Crippen LogP contribution in [0.25, 0.3) is 11.5 Å². The predicted molar refractivity (Wildman–Crippen MR) is 115 cm³/mol. The Labute approximate surface area is 185 Å². The van der Waals surface area contributed by atoms with E-state index in [1.807, 2.05) is 0 Å². The zero-order valence-electron chi connectivity index (χ0n) is 17.9. The molecular weight excluding hydrogens is 434 g/mol. The van der Waals surface area contributed by atoms with E-state index in [4.69, 9.17) is 13.9 Å². The number of hydrogen-bond acceptors (Lipinski definition) is 8. The van der Waals surface area contributed by atoms with Gasteiger partial charge < -0.3 is 13.9 Å². The summed E-state index contributed by atoms with van der Waals surface area (Å²) in [6.45, 7) is 3.31. The molecule has 0 radical (unpaired) electrons. The number of methoxy groups -OCH3 is 1. The molecule has 32 heavy (non-hydrogen) atoms. The number of benzene rings is 2. The number of aryl methyl sites for hydroxylation is 1. The monoisotopic (exact) mass is 457 g/mol. The number of esters is 1. The first-order chi connectivity index (χ1) is 15.3. The Kier molecular flexibility index (Phi) is 5.98. The average Bonchev–Trinajstić information content (AvgIpc) is 3.43. The highest BCUT2D eigenvalue weighted by Crippen LogP contribution is 2.26. The lowest BCUT2D eigenvalue weighted by Crippen LogP contribution is -2.26. The van der Waals surface area contributed by atoms with E-state index in [0.29, 0.717) is 16.9 Å². The summed E-state index contributed by atoms with van der Waals surface area (Å²) in [6.07, 6.45) is 0.812. The zero-order valence-corrected chi connectivity index (χ0v) is 18.7. The van der Waals surface area contributed by atoms with Gasteiger partial charge in [-0.2, -0.15) is 0 Å². The van der Waals surface area contributed by atoms with E-state index in [1.54, 1.807) is 51.3 Å². The summed E-state index contributed by atoms with van der Waals surface area (Å²) in [5, 5.41) is 7.97. The van der Waals surface area contributed by atoms with Crippen molar-refractivity contribution in [3.8, 4) is 17.2 Å². The summed E-state index contributed by atoms with van der Waals surface area (Å²) in [7, 11) is -2.11. The zero-order chi connectivity index (χ0) is 22.9. The minimum absolute atomic E-state index is 0.0224. The molecule has 3 aromatic rings. The van der Waals surface area contributed by atoms with Crippen LogP contribution in [0.1, 0.15) is 47.7 Å². The summed E-state index contributed by atoms with van der Waals surface area (Å²) in [6, 6.07) is 11.4. The number of nitrogens with one attached hydrogen (secondary N) is 1. The number of aromatic nitrogens is 2. The second-order valence-electron chi connectivity index (χ2n) is 7.59. The fourth-order valence-electron chi connectivity index (χ4n) is 3.00. The van der Waals surface area contributed by atoms with E-state index in [2.05, 4.69) is 14.9 Å². The summed E-state index contributed by atoms with van der Waals surface area (Å²) in [4.78, 5) is 12.8. The summed E-state index contributed by atoms with van der Waals surface area (Å²) in [5.41, 5.74) is 1.45. The summed E-state index contributed by atoms with van der Waals surface area (Å²) < 4.78 is 43.8. The Hall–Kier alpha value is -3.24. The maximum Gasteiger partial charge on any atom is 0.339 e. The maximum atomic E-state index is 12.8. The fourth-order valence-corrected chi connectivity index (χ4v) is 4.33. The molecule has 2 aromatic carbocycles. The Morgan fingerprint density at radius 3 is 2.53 bits per heavy atom. The number of rotatable bonds is 8. The minimum Gasteiger partial charge on any atom is -0.497 e. The standard InChI is InChI=1S/C22H23N3O6S/c1-13-4-11-18(32(27,28)25-16-7-8-16)12-19(13)22(26)30-14(2)20-23-24-21(31-20)15-5-9-17(29-3)10-6-15/h4-6,9-12,14,16,25H,7-8H2,1-3H3/t14-/m0/s1. The van der Waals surface area contributed by atoms with Gasteiger partial charge in [-0.25, -0.2) is 17.9 Å². The van der Waals surface area contributed by atoms with E-state index < -0.39 is 22.1 Å². The van der Waals surface area contributed by atoms with Crippen LogP contribution in [0.5, 0.6) is 5.75 Å². The van der Waals surface area contributed by atoms with Gasteiger partial charge in [-0.1, -0.05) is 6.07 Å². The topological polar surface area (TPSA) is 121 Å². The molecule has 1 saturated carbocycles. The highest BCUT2D eigenvalue weighted by molar-refractivity contribution is 7.89. The van der Waals surface area contributed by atoms with Crippen molar-refractivity contribution in [1.82, 2.24) is 14.9 Å². The van der Waals surface area contributed by atoms with Crippen LogP contribution in [-0.4, -0.2) is 37.7 Å². The lowest BCUT2D eigenvalue weighted by atomic mass is 10.1. The third kappa shape index (κ3) is 4.81. The Bertz CT molecular complexity index is 1230. The van der Waals surface area contributed by atoms with E-state index in [9.17, 15) is 13.2 Å². The largest absolute Gasteiger partial charge is 0.497 e. The van der Waals surface area contributed by atoms with Crippen LogP contribution >= 0.6 is 0 Å². The van der Waals surface area contributed by atoms with Gasteiger partial charge in [-0.3, -0.25) is 0 Å². The van der Waals surface area contributed by atoms with Gasteiger partial charge in [-0.05, 0) is 68.7 Å². The van der Waals surface area contributed by atoms with Gasteiger partial charge in [0, 0.05) is 11.6 Å². The molecule has 0 bridgehead atoms. The maximum absolute atomic E-state index is 12.8. The molecule has 1 aliphatic carbocycles. The van der Waals surface area contributed by atoms with Crippen molar-refractivity contribution in [1.29, 1.82) is 0 Å². The molecule has 0 saturated heterocycles. The highest BCUT2D eigenvalue weighted by Gasteiger charge is 2.29. The van der Waals surface area contributed by atoms with Gasteiger partial charge in [0.2, 0.25) is 15.9 Å². The van der Waals surface area contributed by atoms with Crippen molar-refractivity contribution in [2.24, 2.45) is 0 Å². The van der Waals surface area contributed by atoms with Gasteiger partial charge in [0.15, 0.2) is 6.10 Å². The molecule has 0 amide bonds. The molecule has 168 valence electrons. The third-order valence-corrected chi connectivity index (χ3v) is 6.57. The number of carbonyl (C=O) groups is 1. The van der Waals surface area contributed by atoms with Crippen molar-refractivity contribution in [2.45, 2.75) is 43.7 Å². The molecule has 4 rings (SSSR count). The van der Waals surface area contributed by atoms with E-state index >= 15 is 0 Å². The first-order valence-electron chi connectivity index (χ1n) is 10.1. The number of nitrogens with zero attached hydrogens (tertiary/aromatic N) is 2. The number of sulfonamides is 1. The van der Waals surface area contributed by atoms with Gasteiger partial charge in [-0.15, -0.1) is 10.2 Å². The first-order valence-corrected chi connectivity index (χ1v) is 11.6. The van der Waals surface area contributed by atoms with Crippen LogP contribution in [0.4, 0.5) is 0 Å². The second-order valence-corrected chi connectivity index (χ2v) is 9.31. The van der Waals surface area contributed by atoms with E-state index in [-0.39, 0.29) is 28.3 Å². The molecule has 0 spiro atoms. The molecule has 1 fully saturated rings. The van der Waals surface area contributed by atoms with Crippen LogP contribution in [-0.2, 0) is 14.8 Å². The van der Waals surface area contributed by atoms with Crippen LogP contribution in [0.15, 0.2) is 51.8 Å². The molecule has 1 atom stereocenters. The molecular formula is C22H23N3O6S. The van der Waals surface area contributed by atoms with E-state index in [0.717, 1.165) is 12.8 Å². The summed E-state index contributed by atoms with van der Waals surface area (Å²) in [5.74, 6) is 0.423. The number of carbonyl (C=O) groups excluding carboxylic acids is 1. The van der Waals surface area contributed by atoms with Crippen LogP contribution < -0.4 is 9.46 Å². The molecule has 1 N–H and O–H groups in total. The second kappa shape index (κ2) is 8.71. The Morgan fingerprint density at radius 2 is 1.88 bits per heavy atom. The van der Waals surface area contributed by atoms with Gasteiger partial charge in [0.05, 0.1) is 17.6 Å². The lowest BCUT2D eigenvalue weighted by molar-refractivity contribution is 0.0278. The lowest BCUT2D eigenvalue weighted by Gasteiger charge is -2.13. The first kappa shape index (κ1) is 22.0. The smallest absolute Gasteiger partial charge is 0.339 e. The van der Waals surface area contributed by atoms with Crippen molar-refractivity contribution in [3.63, 3.8) is 0 Å². The molecule has 1 aromatic heterocycles. The number of ether oxygens (including phenoxy) is 2. The molecule has 0 aliphatic heterocycles. The molecule has 10 heteroatoms. The van der Waals surface area contributed by atoms with Gasteiger partial charge in [0.25, 0.3) is 5.89 Å². The minimum atomic E-state index is -3.69. The number of hydrogen-bond donors (Lipinski definition) is 1. The Balaban J connectivity index is 1.49. The Morgan fingerprint density at radius 1 is 1.16 bits per heavy atom. The van der Waals surface area contributed by atoms with Crippen molar-refractivity contribution in [2.75, 3.05) is 7.11 Å². The predicted octanol–water partition coefficient (Wildman–Crippen LogP) is 3.41. The molecule has 1 aliphatic rings. The van der Waals surface area contributed by atoms with Crippen molar-refractivity contribution in [3.05, 3.63) is 59.5 Å². The fraction of sp³-hybridized carbons (Fsp3) is 0.318. The van der Waals surface area contributed by atoms with Gasteiger partial charge >= 0.3 is 5.97 Å². The normalized spacial score (nSPS) is 14.7. The molecule has 0 unspecified atom stereocenters.